The summed E-state index contributed by atoms with van der Waals surface area (Å²) < 4.78 is 5.73. The van der Waals surface area contributed by atoms with Crippen molar-refractivity contribution in [1.82, 2.24) is 5.32 Å². The topological polar surface area (TPSA) is 38.3 Å². The monoisotopic (exact) mass is 197 g/mol. The fourth-order valence-corrected chi connectivity index (χ4v) is 2.40. The molecule has 0 bridgehead atoms. The molecule has 0 spiro atoms. The molecule has 3 heteroatoms. The summed E-state index contributed by atoms with van der Waals surface area (Å²) >= 11 is 0. The Kier molecular flexibility index (Phi) is 3.19. The first-order chi connectivity index (χ1) is 6.75. The van der Waals surface area contributed by atoms with Gasteiger partial charge in [-0.2, -0.15) is 0 Å². The van der Waals surface area contributed by atoms with E-state index in [2.05, 4.69) is 12.2 Å². The Bertz CT molecular complexity index is 217. The predicted octanol–water partition coefficient (Wildman–Crippen LogP) is 1.12. The molecule has 0 aromatic rings. The van der Waals surface area contributed by atoms with Crippen molar-refractivity contribution in [3.8, 4) is 0 Å². The molecule has 2 fully saturated rings. The summed E-state index contributed by atoms with van der Waals surface area (Å²) in [6.45, 7) is 3.82. The van der Waals surface area contributed by atoms with Gasteiger partial charge in [-0.1, -0.05) is 0 Å². The standard InChI is InChI=1S/C11H19NO2/c1-8-2-3-10(14-8)6-9-7-12-5-4-11(9)13/h8-10,12H,2-7H2,1H3. The smallest absolute Gasteiger partial charge is 0.138 e. The van der Waals surface area contributed by atoms with Crippen molar-refractivity contribution < 1.29 is 9.53 Å². The number of ether oxygens (including phenoxy) is 1. The molecule has 0 saturated carbocycles. The molecule has 0 aliphatic carbocycles. The second-order valence-corrected chi connectivity index (χ2v) is 4.50. The highest BCUT2D eigenvalue weighted by atomic mass is 16.5. The van der Waals surface area contributed by atoms with Gasteiger partial charge in [0.1, 0.15) is 5.78 Å². The Morgan fingerprint density at radius 3 is 3.00 bits per heavy atom. The number of piperidine rings is 1. The Labute approximate surface area is 85.2 Å². The van der Waals surface area contributed by atoms with E-state index < -0.39 is 0 Å². The van der Waals surface area contributed by atoms with Crippen LogP contribution >= 0.6 is 0 Å². The van der Waals surface area contributed by atoms with Gasteiger partial charge in [-0.05, 0) is 26.2 Å². The molecular formula is C11H19NO2. The summed E-state index contributed by atoms with van der Waals surface area (Å²) in [7, 11) is 0. The molecule has 2 aliphatic rings. The third-order valence-electron chi connectivity index (χ3n) is 3.26. The van der Waals surface area contributed by atoms with Gasteiger partial charge in [-0.25, -0.2) is 0 Å². The van der Waals surface area contributed by atoms with E-state index in [1.807, 2.05) is 0 Å². The van der Waals surface area contributed by atoms with Gasteiger partial charge in [-0.3, -0.25) is 4.79 Å². The number of Topliss-reactive ketones (excluding diaryl/α,β-unsaturated/α-hetero) is 1. The van der Waals surface area contributed by atoms with Crippen molar-refractivity contribution in [3.63, 3.8) is 0 Å². The van der Waals surface area contributed by atoms with Crippen molar-refractivity contribution in [2.75, 3.05) is 13.1 Å². The lowest BCUT2D eigenvalue weighted by Gasteiger charge is -2.24. The van der Waals surface area contributed by atoms with Gasteiger partial charge in [0.2, 0.25) is 0 Å². The maximum Gasteiger partial charge on any atom is 0.138 e. The molecule has 0 radical (unpaired) electrons. The van der Waals surface area contributed by atoms with Crippen molar-refractivity contribution >= 4 is 5.78 Å². The second kappa shape index (κ2) is 4.41. The first kappa shape index (κ1) is 10.1. The number of hydrogen-bond donors (Lipinski definition) is 1. The zero-order valence-electron chi connectivity index (χ0n) is 8.79. The van der Waals surface area contributed by atoms with Crippen molar-refractivity contribution in [2.24, 2.45) is 5.92 Å². The van der Waals surface area contributed by atoms with E-state index in [1.54, 1.807) is 0 Å². The van der Waals surface area contributed by atoms with Gasteiger partial charge in [0.05, 0.1) is 12.2 Å². The normalized spacial score (nSPS) is 38.9. The molecular weight excluding hydrogens is 178 g/mol. The van der Waals surface area contributed by atoms with Gasteiger partial charge in [0.25, 0.3) is 0 Å². The van der Waals surface area contributed by atoms with Crippen molar-refractivity contribution in [1.29, 1.82) is 0 Å². The van der Waals surface area contributed by atoms with E-state index in [0.717, 1.165) is 32.4 Å². The molecule has 2 rings (SSSR count). The molecule has 0 amide bonds. The fraction of sp³-hybridized carbons (Fsp3) is 0.909. The van der Waals surface area contributed by atoms with Gasteiger partial charge in [-0.15, -0.1) is 0 Å². The molecule has 2 heterocycles. The van der Waals surface area contributed by atoms with Crippen LogP contribution in [0.2, 0.25) is 0 Å². The minimum atomic E-state index is 0.207. The Morgan fingerprint density at radius 1 is 1.50 bits per heavy atom. The minimum absolute atomic E-state index is 0.207. The number of ketones is 1. The average molecular weight is 197 g/mol. The highest BCUT2D eigenvalue weighted by Gasteiger charge is 2.29. The Balaban J connectivity index is 1.81. The quantitative estimate of drug-likeness (QED) is 0.721. The maximum absolute atomic E-state index is 11.6. The number of rotatable bonds is 2. The van der Waals surface area contributed by atoms with Crippen LogP contribution in [0, 0.1) is 5.92 Å². The van der Waals surface area contributed by atoms with Crippen LogP contribution in [0.15, 0.2) is 0 Å². The maximum atomic E-state index is 11.6. The van der Waals surface area contributed by atoms with Gasteiger partial charge in [0.15, 0.2) is 0 Å². The lowest BCUT2D eigenvalue weighted by molar-refractivity contribution is -0.125. The third-order valence-corrected chi connectivity index (χ3v) is 3.26. The zero-order chi connectivity index (χ0) is 9.97. The number of carbonyl (C=O) groups excluding carboxylic acids is 1. The lowest BCUT2D eigenvalue weighted by Crippen LogP contribution is -2.38. The van der Waals surface area contributed by atoms with Crippen LogP contribution in [-0.4, -0.2) is 31.1 Å². The van der Waals surface area contributed by atoms with Crippen LogP contribution in [0.1, 0.15) is 32.6 Å². The molecule has 14 heavy (non-hydrogen) atoms. The van der Waals surface area contributed by atoms with Crippen molar-refractivity contribution in [2.45, 2.75) is 44.8 Å². The highest BCUT2D eigenvalue weighted by molar-refractivity contribution is 5.82. The van der Waals surface area contributed by atoms with Crippen LogP contribution in [0.25, 0.3) is 0 Å². The van der Waals surface area contributed by atoms with Crippen LogP contribution in [-0.2, 0) is 9.53 Å². The largest absolute Gasteiger partial charge is 0.375 e. The molecule has 80 valence electrons. The van der Waals surface area contributed by atoms with Crippen LogP contribution < -0.4 is 5.32 Å². The number of nitrogens with one attached hydrogen (secondary N) is 1. The first-order valence-corrected chi connectivity index (χ1v) is 5.64. The Morgan fingerprint density at radius 2 is 2.36 bits per heavy atom. The molecule has 2 aliphatic heterocycles. The Hall–Kier alpha value is -0.410. The van der Waals surface area contributed by atoms with E-state index in [-0.39, 0.29) is 5.92 Å². The highest BCUT2D eigenvalue weighted by Crippen LogP contribution is 2.25. The third kappa shape index (κ3) is 2.34. The minimum Gasteiger partial charge on any atom is -0.375 e. The summed E-state index contributed by atoms with van der Waals surface area (Å²) in [5, 5.41) is 3.27. The lowest BCUT2D eigenvalue weighted by atomic mass is 9.91. The molecule has 3 nitrogen and oxygen atoms in total. The van der Waals surface area contributed by atoms with E-state index in [0.29, 0.717) is 24.4 Å². The SMILES string of the molecule is CC1CCC(CC2CNCCC2=O)O1. The summed E-state index contributed by atoms with van der Waals surface area (Å²) in [5.41, 5.74) is 0. The molecule has 1 N–H and O–H groups in total. The molecule has 3 unspecified atom stereocenters. The van der Waals surface area contributed by atoms with Gasteiger partial charge in [0, 0.05) is 25.4 Å². The fourth-order valence-electron chi connectivity index (χ4n) is 2.40. The summed E-state index contributed by atoms with van der Waals surface area (Å²) in [5.74, 6) is 0.631. The molecule has 3 atom stereocenters. The summed E-state index contributed by atoms with van der Waals surface area (Å²) in [6.07, 6.45) is 4.64. The van der Waals surface area contributed by atoms with Crippen molar-refractivity contribution in [3.05, 3.63) is 0 Å². The van der Waals surface area contributed by atoms with Crippen LogP contribution in [0.3, 0.4) is 0 Å². The summed E-state index contributed by atoms with van der Waals surface area (Å²) in [4.78, 5) is 11.6. The number of carbonyl (C=O) groups is 1. The number of hydrogen-bond acceptors (Lipinski definition) is 3. The van der Waals surface area contributed by atoms with Gasteiger partial charge >= 0.3 is 0 Å². The average Bonchev–Trinajstić information content (AvgIpc) is 2.56. The van der Waals surface area contributed by atoms with E-state index in [9.17, 15) is 4.79 Å². The second-order valence-electron chi connectivity index (χ2n) is 4.50. The van der Waals surface area contributed by atoms with Gasteiger partial charge < -0.3 is 10.1 Å². The molecule has 2 saturated heterocycles. The predicted molar refractivity (Wildman–Crippen MR) is 54.2 cm³/mol. The summed E-state index contributed by atoms with van der Waals surface area (Å²) in [6, 6.07) is 0. The first-order valence-electron chi connectivity index (χ1n) is 5.64. The zero-order valence-corrected chi connectivity index (χ0v) is 8.79. The molecule has 0 aromatic heterocycles. The van der Waals surface area contributed by atoms with E-state index >= 15 is 0 Å². The molecule has 0 aromatic carbocycles. The van der Waals surface area contributed by atoms with E-state index in [4.69, 9.17) is 4.74 Å². The van der Waals surface area contributed by atoms with Crippen LogP contribution in [0.5, 0.6) is 0 Å². The van der Waals surface area contributed by atoms with Crippen LogP contribution in [0.4, 0.5) is 0 Å². The van der Waals surface area contributed by atoms with E-state index in [1.165, 1.54) is 0 Å².